The number of halogens is 1. The summed E-state index contributed by atoms with van der Waals surface area (Å²) in [6, 6.07) is 15.8. The molecule has 0 bridgehead atoms. The molecule has 1 aliphatic rings. The summed E-state index contributed by atoms with van der Waals surface area (Å²) in [5.41, 5.74) is 3.97. The zero-order valence-electron chi connectivity index (χ0n) is 12.9. The molecule has 3 heteroatoms. The van der Waals surface area contributed by atoms with Crippen LogP contribution in [0.15, 0.2) is 64.8 Å². The second-order valence-electron chi connectivity index (χ2n) is 6.11. The molecular formula is C19H18BrNO. The Labute approximate surface area is 139 Å². The summed E-state index contributed by atoms with van der Waals surface area (Å²) in [6.07, 6.45) is 1.77. The third kappa shape index (κ3) is 2.40. The second kappa shape index (κ2) is 5.40. The molecule has 0 spiro atoms. The highest BCUT2D eigenvalue weighted by atomic mass is 79.9. The van der Waals surface area contributed by atoms with Gasteiger partial charge < -0.3 is 4.90 Å². The largest absolute Gasteiger partial charge is 0.347 e. The normalized spacial score (nSPS) is 17.6. The lowest BCUT2D eigenvalue weighted by Crippen LogP contribution is -2.24. The Morgan fingerprint density at radius 3 is 2.55 bits per heavy atom. The zero-order chi connectivity index (χ0) is 15.9. The van der Waals surface area contributed by atoms with Crippen molar-refractivity contribution in [1.29, 1.82) is 0 Å². The molecule has 112 valence electrons. The molecule has 0 fully saturated rings. The average Bonchev–Trinajstić information content (AvgIpc) is 2.69. The minimum absolute atomic E-state index is 0.0315. The number of carbonyl (C=O) groups excluding carboxylic acids is 1. The van der Waals surface area contributed by atoms with Crippen molar-refractivity contribution in [3.63, 3.8) is 0 Å². The van der Waals surface area contributed by atoms with Crippen LogP contribution in [0.1, 0.15) is 29.8 Å². The Morgan fingerprint density at radius 1 is 1.14 bits per heavy atom. The first kappa shape index (κ1) is 15.0. The SMILES string of the molecule is CN1/C(=C\C(=O)c2cccc(Br)c2)C(C)(C)c2ccccc21. The molecule has 0 radical (unpaired) electrons. The Kier molecular flexibility index (Phi) is 3.69. The molecule has 0 atom stereocenters. The van der Waals surface area contributed by atoms with Gasteiger partial charge in [0.1, 0.15) is 0 Å². The molecule has 0 unspecified atom stereocenters. The Bertz CT molecular complexity index is 777. The van der Waals surface area contributed by atoms with Crippen molar-refractivity contribution in [2.75, 3.05) is 11.9 Å². The van der Waals surface area contributed by atoms with Crippen molar-refractivity contribution >= 4 is 27.4 Å². The first-order chi connectivity index (χ1) is 10.4. The monoisotopic (exact) mass is 355 g/mol. The highest BCUT2D eigenvalue weighted by Gasteiger charge is 2.38. The number of carbonyl (C=O) groups is 1. The van der Waals surface area contributed by atoms with Crippen LogP contribution in [-0.2, 0) is 5.41 Å². The first-order valence-electron chi connectivity index (χ1n) is 7.26. The van der Waals surface area contributed by atoms with Crippen LogP contribution in [0.25, 0.3) is 0 Å². The fraction of sp³-hybridized carbons (Fsp3) is 0.211. The summed E-state index contributed by atoms with van der Waals surface area (Å²) in [7, 11) is 2.02. The van der Waals surface area contributed by atoms with Gasteiger partial charge in [0.2, 0.25) is 0 Å². The number of hydrogen-bond donors (Lipinski definition) is 0. The fourth-order valence-corrected chi connectivity index (χ4v) is 3.51. The summed E-state index contributed by atoms with van der Waals surface area (Å²) in [6.45, 7) is 4.32. The lowest BCUT2D eigenvalue weighted by Gasteiger charge is -2.24. The average molecular weight is 356 g/mol. The van der Waals surface area contributed by atoms with E-state index in [1.165, 1.54) is 11.3 Å². The smallest absolute Gasteiger partial charge is 0.187 e. The molecule has 22 heavy (non-hydrogen) atoms. The number of para-hydroxylation sites is 1. The first-order valence-corrected chi connectivity index (χ1v) is 8.06. The molecule has 1 aliphatic heterocycles. The topological polar surface area (TPSA) is 20.3 Å². The maximum atomic E-state index is 12.6. The lowest BCUT2D eigenvalue weighted by atomic mass is 9.83. The number of allylic oxidation sites excluding steroid dienone is 2. The van der Waals surface area contributed by atoms with Crippen LogP contribution in [0, 0.1) is 0 Å². The fourth-order valence-electron chi connectivity index (χ4n) is 3.11. The second-order valence-corrected chi connectivity index (χ2v) is 7.02. The van der Waals surface area contributed by atoms with E-state index < -0.39 is 0 Å². The lowest BCUT2D eigenvalue weighted by molar-refractivity contribution is 0.104. The predicted octanol–water partition coefficient (Wildman–Crippen LogP) is 4.94. The van der Waals surface area contributed by atoms with Crippen molar-refractivity contribution in [2.24, 2.45) is 0 Å². The van der Waals surface area contributed by atoms with Crippen LogP contribution in [0.2, 0.25) is 0 Å². The highest BCUT2D eigenvalue weighted by Crippen LogP contribution is 2.46. The molecule has 1 heterocycles. The van der Waals surface area contributed by atoms with Gasteiger partial charge in [-0.1, -0.05) is 60.1 Å². The van der Waals surface area contributed by atoms with Gasteiger partial charge in [-0.05, 0) is 23.8 Å². The van der Waals surface area contributed by atoms with Crippen molar-refractivity contribution in [3.8, 4) is 0 Å². The van der Waals surface area contributed by atoms with Gasteiger partial charge in [-0.25, -0.2) is 0 Å². The van der Waals surface area contributed by atoms with E-state index in [4.69, 9.17) is 0 Å². The van der Waals surface area contributed by atoms with Crippen molar-refractivity contribution in [1.82, 2.24) is 0 Å². The molecule has 2 aromatic rings. The van der Waals surface area contributed by atoms with E-state index in [1.54, 1.807) is 6.08 Å². The van der Waals surface area contributed by atoms with Crippen LogP contribution >= 0.6 is 15.9 Å². The molecule has 0 saturated heterocycles. The molecule has 0 aliphatic carbocycles. The van der Waals surface area contributed by atoms with Crippen LogP contribution < -0.4 is 4.90 Å². The summed E-state index contributed by atoms with van der Waals surface area (Å²) in [4.78, 5) is 14.7. The number of fused-ring (bicyclic) bond motifs is 1. The van der Waals surface area contributed by atoms with Crippen LogP contribution in [0.4, 0.5) is 5.69 Å². The molecule has 3 rings (SSSR count). The molecule has 0 aromatic heterocycles. The van der Waals surface area contributed by atoms with E-state index in [-0.39, 0.29) is 11.2 Å². The molecule has 2 aromatic carbocycles. The molecule has 2 nitrogen and oxygen atoms in total. The van der Waals surface area contributed by atoms with Gasteiger partial charge >= 0.3 is 0 Å². The maximum Gasteiger partial charge on any atom is 0.187 e. The third-order valence-electron chi connectivity index (χ3n) is 4.32. The van der Waals surface area contributed by atoms with Gasteiger partial charge in [-0.3, -0.25) is 4.79 Å². The van der Waals surface area contributed by atoms with E-state index in [2.05, 4.69) is 46.8 Å². The van der Waals surface area contributed by atoms with Gasteiger partial charge in [0.15, 0.2) is 5.78 Å². The number of anilines is 1. The number of benzene rings is 2. The summed E-state index contributed by atoms with van der Waals surface area (Å²) >= 11 is 3.42. The minimum Gasteiger partial charge on any atom is -0.347 e. The molecule has 0 amide bonds. The highest BCUT2D eigenvalue weighted by molar-refractivity contribution is 9.10. The molecular weight excluding hydrogens is 338 g/mol. The number of hydrogen-bond acceptors (Lipinski definition) is 2. The number of ketones is 1. The van der Waals surface area contributed by atoms with Crippen LogP contribution in [0.3, 0.4) is 0 Å². The van der Waals surface area contributed by atoms with Gasteiger partial charge in [-0.2, -0.15) is 0 Å². The predicted molar refractivity (Wildman–Crippen MR) is 94.4 cm³/mol. The quantitative estimate of drug-likeness (QED) is 0.561. The van der Waals surface area contributed by atoms with Gasteiger partial charge in [-0.15, -0.1) is 0 Å². The van der Waals surface area contributed by atoms with Crippen molar-refractivity contribution in [3.05, 3.63) is 75.9 Å². The van der Waals surface area contributed by atoms with Gasteiger partial charge in [0, 0.05) is 40.0 Å². The van der Waals surface area contributed by atoms with E-state index >= 15 is 0 Å². The van der Waals surface area contributed by atoms with Crippen LogP contribution in [0.5, 0.6) is 0 Å². The Hall–Kier alpha value is -1.87. The van der Waals surface area contributed by atoms with E-state index in [9.17, 15) is 4.79 Å². The Morgan fingerprint density at radius 2 is 1.86 bits per heavy atom. The van der Waals surface area contributed by atoms with Gasteiger partial charge in [0.05, 0.1) is 0 Å². The van der Waals surface area contributed by atoms with Gasteiger partial charge in [0.25, 0.3) is 0 Å². The number of nitrogens with zero attached hydrogens (tertiary/aromatic N) is 1. The number of rotatable bonds is 2. The van der Waals surface area contributed by atoms with Crippen molar-refractivity contribution in [2.45, 2.75) is 19.3 Å². The van der Waals surface area contributed by atoms with Crippen LogP contribution in [-0.4, -0.2) is 12.8 Å². The zero-order valence-corrected chi connectivity index (χ0v) is 14.5. The van der Waals surface area contributed by atoms with E-state index in [0.29, 0.717) is 5.56 Å². The standard InChI is InChI=1S/C19H18BrNO/c1-19(2)15-9-4-5-10-16(15)21(3)18(19)12-17(22)13-7-6-8-14(20)11-13/h4-12H,1-3H3/b18-12-. The minimum atomic E-state index is -0.174. The molecule has 0 N–H and O–H groups in total. The summed E-state index contributed by atoms with van der Waals surface area (Å²) in [5.74, 6) is 0.0315. The van der Waals surface area contributed by atoms with E-state index in [1.807, 2.05) is 43.4 Å². The third-order valence-corrected chi connectivity index (χ3v) is 4.81. The maximum absolute atomic E-state index is 12.6. The van der Waals surface area contributed by atoms with E-state index in [0.717, 1.165) is 10.2 Å². The Balaban J connectivity index is 2.04. The number of likely N-dealkylation sites (N-methyl/N-ethyl adjacent to an activating group) is 1. The molecule has 0 saturated carbocycles. The van der Waals surface area contributed by atoms with Crippen molar-refractivity contribution < 1.29 is 4.79 Å². The summed E-state index contributed by atoms with van der Waals surface area (Å²) in [5, 5.41) is 0. The summed E-state index contributed by atoms with van der Waals surface area (Å²) < 4.78 is 0.916.